The topological polar surface area (TPSA) is 69.6 Å². The van der Waals surface area contributed by atoms with Gasteiger partial charge in [-0.3, -0.25) is 0 Å². The number of hydrogen-bond donors (Lipinski definition) is 1. The van der Waals surface area contributed by atoms with Gasteiger partial charge in [-0.15, -0.1) is 17.5 Å². The van der Waals surface area contributed by atoms with E-state index in [4.69, 9.17) is 5.73 Å². The van der Waals surface area contributed by atoms with Crippen molar-refractivity contribution in [3.8, 4) is 5.69 Å². The van der Waals surface area contributed by atoms with Crippen LogP contribution in [0.4, 0.5) is 5.69 Å². The number of nitrogens with zero attached hydrogens (tertiary/aromatic N) is 4. The van der Waals surface area contributed by atoms with E-state index in [2.05, 4.69) is 29.4 Å². The maximum Gasteiger partial charge on any atom is 0.159 e. The maximum absolute atomic E-state index is 5.72. The Morgan fingerprint density at radius 1 is 1.29 bits per heavy atom. The molecule has 0 saturated carbocycles. The monoisotopic (exact) mass is 253 g/mol. The molecule has 0 atom stereocenters. The Bertz CT molecular complexity index is 506. The van der Waals surface area contributed by atoms with Crippen molar-refractivity contribution in [1.82, 2.24) is 20.2 Å². The summed E-state index contributed by atoms with van der Waals surface area (Å²) in [5, 5.41) is 11.8. The lowest BCUT2D eigenvalue weighted by Crippen LogP contribution is -2.06. The van der Waals surface area contributed by atoms with Crippen molar-refractivity contribution in [3.63, 3.8) is 0 Å². The Morgan fingerprint density at radius 2 is 2.00 bits per heavy atom. The molecule has 0 amide bonds. The number of nitrogen functional groups attached to an aromatic ring is 1. The fourth-order valence-corrected chi connectivity index (χ4v) is 1.64. The van der Waals surface area contributed by atoms with Crippen molar-refractivity contribution < 1.29 is 0 Å². The lowest BCUT2D eigenvalue weighted by molar-refractivity contribution is 0.707. The minimum atomic E-state index is 0. The number of halogens is 1. The van der Waals surface area contributed by atoms with Crippen molar-refractivity contribution in [2.45, 2.75) is 26.7 Å². The summed E-state index contributed by atoms with van der Waals surface area (Å²) >= 11 is 0. The molecule has 1 aromatic heterocycles. The Morgan fingerprint density at radius 3 is 2.59 bits per heavy atom. The molecule has 2 rings (SSSR count). The van der Waals surface area contributed by atoms with Crippen molar-refractivity contribution in [1.29, 1.82) is 0 Å². The maximum atomic E-state index is 5.72. The standard InChI is InChI=1S/C11H15N5.ClH/c1-7(2)11-13-14-15-16(11)10-5-4-9(12)6-8(10)3;/h4-7H,12H2,1-3H3;1H. The Hall–Kier alpha value is -1.62. The number of nitrogens with two attached hydrogens (primary N) is 1. The van der Waals surface area contributed by atoms with Crippen LogP contribution in [0, 0.1) is 6.92 Å². The summed E-state index contributed by atoms with van der Waals surface area (Å²) in [5.41, 5.74) is 8.51. The predicted octanol–water partition coefficient (Wildman–Crippen LogP) is 2.10. The van der Waals surface area contributed by atoms with Crippen LogP contribution in [-0.4, -0.2) is 20.2 Å². The third kappa shape index (κ3) is 2.55. The number of rotatable bonds is 2. The molecule has 0 saturated heterocycles. The Kier molecular flexibility index (Phi) is 4.07. The molecule has 0 fully saturated rings. The molecule has 2 N–H and O–H groups in total. The highest BCUT2D eigenvalue weighted by molar-refractivity contribution is 5.85. The highest BCUT2D eigenvalue weighted by Crippen LogP contribution is 2.19. The largest absolute Gasteiger partial charge is 0.399 e. The summed E-state index contributed by atoms with van der Waals surface area (Å²) in [6.45, 7) is 6.13. The van der Waals surface area contributed by atoms with Gasteiger partial charge in [0.1, 0.15) is 0 Å². The van der Waals surface area contributed by atoms with Gasteiger partial charge in [0.25, 0.3) is 0 Å². The number of aromatic nitrogens is 4. The quantitative estimate of drug-likeness (QED) is 0.832. The molecule has 17 heavy (non-hydrogen) atoms. The first-order chi connectivity index (χ1) is 7.59. The molecule has 0 spiro atoms. The van der Waals surface area contributed by atoms with Crippen molar-refractivity contribution in [2.75, 3.05) is 5.73 Å². The molecule has 0 radical (unpaired) electrons. The van der Waals surface area contributed by atoms with Crippen LogP contribution in [0.15, 0.2) is 18.2 Å². The number of tetrazole rings is 1. The number of hydrogen-bond acceptors (Lipinski definition) is 4. The first-order valence-corrected chi connectivity index (χ1v) is 5.24. The van der Waals surface area contributed by atoms with E-state index in [-0.39, 0.29) is 18.3 Å². The molecular formula is C11H16ClN5. The number of benzene rings is 1. The van der Waals surface area contributed by atoms with E-state index in [1.54, 1.807) is 4.68 Å². The molecule has 92 valence electrons. The van der Waals surface area contributed by atoms with E-state index >= 15 is 0 Å². The third-order valence-corrected chi connectivity index (χ3v) is 2.46. The third-order valence-electron chi connectivity index (χ3n) is 2.46. The summed E-state index contributed by atoms with van der Waals surface area (Å²) in [7, 11) is 0. The average molecular weight is 254 g/mol. The van der Waals surface area contributed by atoms with Crippen LogP contribution >= 0.6 is 12.4 Å². The molecule has 2 aromatic rings. The molecule has 0 unspecified atom stereocenters. The van der Waals surface area contributed by atoms with E-state index in [9.17, 15) is 0 Å². The molecule has 6 heteroatoms. The van der Waals surface area contributed by atoms with Gasteiger partial charge in [0.2, 0.25) is 0 Å². The number of aryl methyl sites for hydroxylation is 1. The average Bonchev–Trinajstić information content (AvgIpc) is 2.66. The summed E-state index contributed by atoms with van der Waals surface area (Å²) in [4.78, 5) is 0. The first-order valence-electron chi connectivity index (χ1n) is 5.24. The van der Waals surface area contributed by atoms with Crippen molar-refractivity contribution in [2.24, 2.45) is 0 Å². The van der Waals surface area contributed by atoms with Gasteiger partial charge in [0, 0.05) is 11.6 Å². The smallest absolute Gasteiger partial charge is 0.159 e. The number of anilines is 1. The molecule has 5 nitrogen and oxygen atoms in total. The second kappa shape index (κ2) is 5.14. The zero-order chi connectivity index (χ0) is 11.7. The highest BCUT2D eigenvalue weighted by atomic mass is 35.5. The van der Waals surface area contributed by atoms with Gasteiger partial charge in [-0.05, 0) is 41.1 Å². The van der Waals surface area contributed by atoms with E-state index in [0.717, 1.165) is 22.8 Å². The molecule has 0 bridgehead atoms. The summed E-state index contributed by atoms with van der Waals surface area (Å²) in [6, 6.07) is 5.71. The predicted molar refractivity (Wildman–Crippen MR) is 69.6 cm³/mol. The van der Waals surface area contributed by atoms with Crippen LogP contribution in [0.3, 0.4) is 0 Å². The lowest BCUT2D eigenvalue weighted by atomic mass is 10.1. The fourth-order valence-electron chi connectivity index (χ4n) is 1.64. The second-order valence-electron chi connectivity index (χ2n) is 4.15. The summed E-state index contributed by atoms with van der Waals surface area (Å²) in [5.74, 6) is 1.14. The van der Waals surface area contributed by atoms with Gasteiger partial charge < -0.3 is 5.73 Å². The van der Waals surface area contributed by atoms with Gasteiger partial charge in [-0.25, -0.2) is 0 Å². The molecule has 0 aliphatic carbocycles. The Labute approximate surface area is 106 Å². The fraction of sp³-hybridized carbons (Fsp3) is 0.364. The normalized spacial score (nSPS) is 10.4. The van der Waals surface area contributed by atoms with Crippen LogP contribution in [0.25, 0.3) is 5.69 Å². The molecule has 0 aliphatic rings. The van der Waals surface area contributed by atoms with Crippen LogP contribution in [-0.2, 0) is 0 Å². The molecule has 1 aromatic carbocycles. The van der Waals surface area contributed by atoms with Crippen molar-refractivity contribution in [3.05, 3.63) is 29.6 Å². The zero-order valence-corrected chi connectivity index (χ0v) is 10.9. The lowest BCUT2D eigenvalue weighted by Gasteiger charge is -2.09. The van der Waals surface area contributed by atoms with Gasteiger partial charge in [0.15, 0.2) is 5.82 Å². The van der Waals surface area contributed by atoms with Gasteiger partial charge in [0.05, 0.1) is 5.69 Å². The molecular weight excluding hydrogens is 238 g/mol. The van der Waals surface area contributed by atoms with Crippen LogP contribution in [0.2, 0.25) is 0 Å². The minimum absolute atomic E-state index is 0. The molecule has 1 heterocycles. The highest BCUT2D eigenvalue weighted by Gasteiger charge is 2.13. The second-order valence-corrected chi connectivity index (χ2v) is 4.15. The molecule has 0 aliphatic heterocycles. The van der Waals surface area contributed by atoms with E-state index in [0.29, 0.717) is 0 Å². The van der Waals surface area contributed by atoms with Gasteiger partial charge >= 0.3 is 0 Å². The van der Waals surface area contributed by atoms with Crippen LogP contribution < -0.4 is 5.73 Å². The first kappa shape index (κ1) is 13.4. The summed E-state index contributed by atoms with van der Waals surface area (Å²) in [6.07, 6.45) is 0. The SMILES string of the molecule is Cc1cc(N)ccc1-n1nnnc1C(C)C.Cl. The van der Waals surface area contributed by atoms with Crippen molar-refractivity contribution >= 4 is 18.1 Å². The van der Waals surface area contributed by atoms with Crippen LogP contribution in [0.1, 0.15) is 31.2 Å². The summed E-state index contributed by atoms with van der Waals surface area (Å²) < 4.78 is 1.76. The van der Waals surface area contributed by atoms with E-state index < -0.39 is 0 Å². The van der Waals surface area contributed by atoms with Gasteiger partial charge in [-0.1, -0.05) is 13.8 Å². The van der Waals surface area contributed by atoms with E-state index in [1.807, 2.05) is 25.1 Å². The van der Waals surface area contributed by atoms with Gasteiger partial charge in [-0.2, -0.15) is 4.68 Å². The van der Waals surface area contributed by atoms with Crippen LogP contribution in [0.5, 0.6) is 0 Å². The van der Waals surface area contributed by atoms with E-state index in [1.165, 1.54) is 0 Å². The Balaban J connectivity index is 0.00000144. The minimum Gasteiger partial charge on any atom is -0.399 e. The zero-order valence-electron chi connectivity index (χ0n) is 10.1.